The van der Waals surface area contributed by atoms with E-state index in [0.717, 1.165) is 25.7 Å². The Morgan fingerprint density at radius 1 is 1.38 bits per heavy atom. The highest BCUT2D eigenvalue weighted by atomic mass is 16.5. The molecule has 2 fully saturated rings. The SMILES string of the molecule is COC(=O)C1CCC(N2COCC2=O)CC1. The van der Waals surface area contributed by atoms with Crippen molar-refractivity contribution in [3.8, 4) is 0 Å². The van der Waals surface area contributed by atoms with E-state index in [2.05, 4.69) is 0 Å². The van der Waals surface area contributed by atoms with E-state index in [4.69, 9.17) is 9.47 Å². The van der Waals surface area contributed by atoms with Crippen molar-refractivity contribution in [2.75, 3.05) is 20.4 Å². The quantitative estimate of drug-likeness (QED) is 0.646. The smallest absolute Gasteiger partial charge is 0.308 e. The maximum atomic E-state index is 11.5. The lowest BCUT2D eigenvalue weighted by molar-refractivity contribution is -0.147. The molecule has 0 spiro atoms. The molecule has 0 aromatic heterocycles. The van der Waals surface area contributed by atoms with Gasteiger partial charge in [-0.05, 0) is 25.7 Å². The Balaban J connectivity index is 1.85. The van der Waals surface area contributed by atoms with Crippen molar-refractivity contribution in [1.29, 1.82) is 0 Å². The van der Waals surface area contributed by atoms with Gasteiger partial charge in [-0.25, -0.2) is 0 Å². The number of carbonyl (C=O) groups is 2. The van der Waals surface area contributed by atoms with Crippen LogP contribution in [0.4, 0.5) is 0 Å². The molecule has 16 heavy (non-hydrogen) atoms. The summed E-state index contributed by atoms with van der Waals surface area (Å²) in [5, 5.41) is 0. The molecule has 1 saturated carbocycles. The van der Waals surface area contributed by atoms with E-state index < -0.39 is 0 Å². The van der Waals surface area contributed by atoms with Crippen LogP contribution in [0.15, 0.2) is 0 Å². The third kappa shape index (κ3) is 2.19. The van der Waals surface area contributed by atoms with Gasteiger partial charge in [0.1, 0.15) is 13.3 Å². The summed E-state index contributed by atoms with van der Waals surface area (Å²) in [5.74, 6) is -0.0381. The van der Waals surface area contributed by atoms with Gasteiger partial charge in [0, 0.05) is 6.04 Å². The van der Waals surface area contributed by atoms with Gasteiger partial charge in [-0.15, -0.1) is 0 Å². The summed E-state index contributed by atoms with van der Waals surface area (Å²) in [6.45, 7) is 0.614. The molecule has 5 nitrogen and oxygen atoms in total. The second-order valence-corrected chi connectivity index (χ2v) is 4.37. The minimum atomic E-state index is -0.123. The molecule has 1 aliphatic carbocycles. The van der Waals surface area contributed by atoms with Gasteiger partial charge in [0.15, 0.2) is 0 Å². The predicted molar refractivity (Wildman–Crippen MR) is 55.4 cm³/mol. The van der Waals surface area contributed by atoms with E-state index in [9.17, 15) is 9.59 Å². The van der Waals surface area contributed by atoms with Crippen molar-refractivity contribution >= 4 is 11.9 Å². The molecule has 2 aliphatic rings. The van der Waals surface area contributed by atoms with E-state index in [1.807, 2.05) is 0 Å². The zero-order valence-electron chi connectivity index (χ0n) is 9.48. The summed E-state index contributed by atoms with van der Waals surface area (Å²) in [4.78, 5) is 24.6. The number of rotatable bonds is 2. The molecule has 1 aliphatic heterocycles. The maximum absolute atomic E-state index is 11.5. The highest BCUT2D eigenvalue weighted by Crippen LogP contribution is 2.29. The minimum Gasteiger partial charge on any atom is -0.469 e. The van der Waals surface area contributed by atoms with Gasteiger partial charge in [0.25, 0.3) is 5.91 Å². The number of esters is 1. The zero-order chi connectivity index (χ0) is 11.5. The second kappa shape index (κ2) is 4.82. The maximum Gasteiger partial charge on any atom is 0.308 e. The van der Waals surface area contributed by atoms with Crippen LogP contribution in [0, 0.1) is 5.92 Å². The van der Waals surface area contributed by atoms with Crippen LogP contribution in [0.1, 0.15) is 25.7 Å². The van der Waals surface area contributed by atoms with Crippen molar-refractivity contribution in [3.63, 3.8) is 0 Å². The first-order valence-electron chi connectivity index (χ1n) is 5.67. The van der Waals surface area contributed by atoms with E-state index >= 15 is 0 Å². The highest BCUT2D eigenvalue weighted by molar-refractivity contribution is 5.79. The molecule has 0 aromatic carbocycles. The molecule has 0 radical (unpaired) electrons. The van der Waals surface area contributed by atoms with Crippen LogP contribution in [-0.2, 0) is 19.1 Å². The fourth-order valence-electron chi connectivity index (χ4n) is 2.49. The Morgan fingerprint density at radius 3 is 2.56 bits per heavy atom. The topological polar surface area (TPSA) is 55.8 Å². The van der Waals surface area contributed by atoms with E-state index in [1.54, 1.807) is 4.90 Å². The monoisotopic (exact) mass is 227 g/mol. The summed E-state index contributed by atoms with van der Waals surface area (Å²) in [6, 6.07) is 0.246. The van der Waals surface area contributed by atoms with Crippen LogP contribution in [-0.4, -0.2) is 43.3 Å². The lowest BCUT2D eigenvalue weighted by atomic mass is 9.85. The van der Waals surface area contributed by atoms with Crippen LogP contribution < -0.4 is 0 Å². The largest absolute Gasteiger partial charge is 0.469 e. The summed E-state index contributed by atoms with van der Waals surface area (Å²) in [5.41, 5.74) is 0. The van der Waals surface area contributed by atoms with Crippen LogP contribution in [0.2, 0.25) is 0 Å². The van der Waals surface area contributed by atoms with Crippen LogP contribution >= 0.6 is 0 Å². The highest BCUT2D eigenvalue weighted by Gasteiger charge is 2.34. The molecule has 2 rings (SSSR count). The van der Waals surface area contributed by atoms with Crippen LogP contribution in [0.25, 0.3) is 0 Å². The fourth-order valence-corrected chi connectivity index (χ4v) is 2.49. The molecular weight excluding hydrogens is 210 g/mol. The summed E-state index contributed by atoms with van der Waals surface area (Å²) in [6.07, 6.45) is 3.35. The molecule has 0 bridgehead atoms. The zero-order valence-corrected chi connectivity index (χ0v) is 9.48. The normalized spacial score (nSPS) is 30.6. The molecule has 90 valence electrons. The number of carbonyl (C=O) groups excluding carboxylic acids is 2. The van der Waals surface area contributed by atoms with Gasteiger partial charge >= 0.3 is 5.97 Å². The van der Waals surface area contributed by atoms with Gasteiger partial charge in [0.2, 0.25) is 0 Å². The predicted octanol–water partition coefficient (Wildman–Crippen LogP) is 0.534. The summed E-state index contributed by atoms with van der Waals surface area (Å²) in [7, 11) is 1.42. The number of nitrogens with zero attached hydrogens (tertiary/aromatic N) is 1. The molecule has 1 amide bonds. The minimum absolute atomic E-state index is 0.0138. The van der Waals surface area contributed by atoms with E-state index in [0.29, 0.717) is 6.73 Å². The van der Waals surface area contributed by atoms with Gasteiger partial charge in [-0.3, -0.25) is 9.59 Å². The Hall–Kier alpha value is -1.10. The van der Waals surface area contributed by atoms with Crippen molar-refractivity contribution in [1.82, 2.24) is 4.90 Å². The Labute approximate surface area is 94.7 Å². The fraction of sp³-hybridized carbons (Fsp3) is 0.818. The lowest BCUT2D eigenvalue weighted by Gasteiger charge is -2.32. The molecule has 0 aromatic rings. The number of ether oxygens (including phenoxy) is 2. The van der Waals surface area contributed by atoms with Crippen molar-refractivity contribution < 1.29 is 19.1 Å². The molecule has 5 heteroatoms. The first kappa shape index (κ1) is 11.4. The molecular formula is C11H17NO4. The summed E-state index contributed by atoms with van der Waals surface area (Å²) >= 11 is 0. The number of methoxy groups -OCH3 is 1. The van der Waals surface area contributed by atoms with E-state index in [1.165, 1.54) is 7.11 Å². The average molecular weight is 227 g/mol. The number of hydrogen-bond acceptors (Lipinski definition) is 4. The van der Waals surface area contributed by atoms with Crippen molar-refractivity contribution in [3.05, 3.63) is 0 Å². The van der Waals surface area contributed by atoms with Gasteiger partial charge in [0.05, 0.1) is 13.0 Å². The first-order valence-corrected chi connectivity index (χ1v) is 5.67. The van der Waals surface area contributed by atoms with Crippen molar-refractivity contribution in [2.45, 2.75) is 31.7 Å². The molecule has 0 atom stereocenters. The van der Waals surface area contributed by atoms with Gasteiger partial charge < -0.3 is 14.4 Å². The molecule has 1 heterocycles. The Morgan fingerprint density at radius 2 is 2.06 bits per heavy atom. The molecule has 1 saturated heterocycles. The number of amides is 1. The first-order chi connectivity index (χ1) is 7.72. The van der Waals surface area contributed by atoms with Crippen LogP contribution in [0.5, 0.6) is 0 Å². The Bertz CT molecular complexity index is 284. The number of hydrogen-bond donors (Lipinski definition) is 0. The Kier molecular flexibility index (Phi) is 3.43. The van der Waals surface area contributed by atoms with Crippen molar-refractivity contribution in [2.24, 2.45) is 5.92 Å². The average Bonchev–Trinajstić information content (AvgIpc) is 2.75. The van der Waals surface area contributed by atoms with Gasteiger partial charge in [-0.2, -0.15) is 0 Å². The lowest BCUT2D eigenvalue weighted by Crippen LogP contribution is -2.40. The van der Waals surface area contributed by atoms with Gasteiger partial charge in [-0.1, -0.05) is 0 Å². The second-order valence-electron chi connectivity index (χ2n) is 4.37. The summed E-state index contributed by atoms with van der Waals surface area (Å²) < 4.78 is 9.83. The molecule has 0 N–H and O–H groups in total. The molecule has 0 unspecified atom stereocenters. The third-order valence-corrected chi connectivity index (χ3v) is 3.45. The van der Waals surface area contributed by atoms with E-state index in [-0.39, 0.29) is 30.4 Å². The standard InChI is InChI=1S/C11H17NO4/c1-15-11(14)8-2-4-9(5-3-8)12-7-16-6-10(12)13/h8-9H,2-7H2,1H3. The third-order valence-electron chi connectivity index (χ3n) is 3.45. The van der Waals surface area contributed by atoms with Crippen LogP contribution in [0.3, 0.4) is 0 Å².